The predicted octanol–water partition coefficient (Wildman–Crippen LogP) is 1.45. The molecule has 0 radical (unpaired) electrons. The van der Waals surface area contributed by atoms with Crippen LogP contribution >= 0.6 is 11.6 Å². The van der Waals surface area contributed by atoms with Crippen LogP contribution in [-0.4, -0.2) is 25.9 Å². The summed E-state index contributed by atoms with van der Waals surface area (Å²) in [6, 6.07) is 4.14. The van der Waals surface area contributed by atoms with E-state index in [1.54, 1.807) is 6.07 Å². The van der Waals surface area contributed by atoms with Crippen molar-refractivity contribution in [3.63, 3.8) is 0 Å². The van der Waals surface area contributed by atoms with Gasteiger partial charge in [0.1, 0.15) is 0 Å². The third kappa shape index (κ3) is 1.60. The molecule has 80 valence electrons. The lowest BCUT2D eigenvalue weighted by molar-refractivity contribution is 0.174. The number of benzene rings is 1. The minimum absolute atomic E-state index is 0.278. The van der Waals surface area contributed by atoms with Crippen molar-refractivity contribution in [1.82, 2.24) is 5.32 Å². The highest BCUT2D eigenvalue weighted by Gasteiger charge is 2.20. The van der Waals surface area contributed by atoms with E-state index in [0.717, 1.165) is 30.3 Å². The lowest BCUT2D eigenvalue weighted by Gasteiger charge is -2.29. The first-order chi connectivity index (χ1) is 7.33. The summed E-state index contributed by atoms with van der Waals surface area (Å²) in [6.07, 6.45) is 0. The van der Waals surface area contributed by atoms with E-state index in [1.165, 1.54) is 0 Å². The fraction of sp³-hybridized carbons (Fsp3) is 0.400. The van der Waals surface area contributed by atoms with Crippen molar-refractivity contribution in [1.29, 1.82) is 0 Å². The van der Waals surface area contributed by atoms with Gasteiger partial charge in [-0.05, 0) is 0 Å². The molecule has 4 nitrogen and oxygen atoms in total. The van der Waals surface area contributed by atoms with Gasteiger partial charge in [0.2, 0.25) is 6.79 Å². The van der Waals surface area contributed by atoms with Crippen LogP contribution in [0.15, 0.2) is 12.1 Å². The standard InChI is InChI=1S/C10H11ClN2O2/c11-7-1-9-10(15-5-14-9)2-8(7)13-6-3-12-4-6/h1-2,6,12-13H,3-5H2. The van der Waals surface area contributed by atoms with Crippen LogP contribution in [0.4, 0.5) is 5.69 Å². The Kier molecular flexibility index (Phi) is 2.11. The van der Waals surface area contributed by atoms with Crippen LogP contribution < -0.4 is 20.1 Å². The smallest absolute Gasteiger partial charge is 0.231 e. The predicted molar refractivity (Wildman–Crippen MR) is 57.9 cm³/mol. The summed E-state index contributed by atoms with van der Waals surface area (Å²) in [5.74, 6) is 1.48. The summed E-state index contributed by atoms with van der Waals surface area (Å²) in [6.45, 7) is 2.23. The van der Waals surface area contributed by atoms with E-state index in [2.05, 4.69) is 10.6 Å². The largest absolute Gasteiger partial charge is 0.454 e. The lowest BCUT2D eigenvalue weighted by Crippen LogP contribution is -2.51. The Balaban J connectivity index is 1.86. The van der Waals surface area contributed by atoms with Gasteiger partial charge in [0.25, 0.3) is 0 Å². The molecule has 0 atom stereocenters. The fourth-order valence-electron chi connectivity index (χ4n) is 1.64. The van der Waals surface area contributed by atoms with Gasteiger partial charge >= 0.3 is 0 Å². The number of hydrogen-bond donors (Lipinski definition) is 2. The minimum Gasteiger partial charge on any atom is -0.454 e. The molecule has 0 aliphatic carbocycles. The molecular weight excluding hydrogens is 216 g/mol. The third-order valence-corrected chi connectivity index (χ3v) is 2.92. The monoisotopic (exact) mass is 226 g/mol. The maximum absolute atomic E-state index is 6.11. The van der Waals surface area contributed by atoms with Gasteiger partial charge in [0, 0.05) is 25.2 Å². The van der Waals surface area contributed by atoms with Gasteiger partial charge < -0.3 is 20.1 Å². The molecule has 0 spiro atoms. The highest BCUT2D eigenvalue weighted by atomic mass is 35.5. The number of halogens is 1. The molecule has 2 heterocycles. The second-order valence-electron chi connectivity index (χ2n) is 3.68. The van der Waals surface area contributed by atoms with Gasteiger partial charge in [-0.2, -0.15) is 0 Å². The summed E-state index contributed by atoms with van der Waals surface area (Å²) in [5.41, 5.74) is 0.910. The Morgan fingerprint density at radius 3 is 2.67 bits per heavy atom. The van der Waals surface area contributed by atoms with E-state index in [0.29, 0.717) is 11.1 Å². The minimum atomic E-state index is 0.278. The zero-order chi connectivity index (χ0) is 10.3. The van der Waals surface area contributed by atoms with Crippen molar-refractivity contribution in [2.45, 2.75) is 6.04 Å². The molecule has 2 aliphatic heterocycles. The van der Waals surface area contributed by atoms with Crippen LogP contribution in [-0.2, 0) is 0 Å². The van der Waals surface area contributed by atoms with Gasteiger partial charge in [0.05, 0.1) is 16.8 Å². The van der Waals surface area contributed by atoms with Crippen molar-refractivity contribution in [3.8, 4) is 11.5 Å². The quantitative estimate of drug-likeness (QED) is 0.801. The van der Waals surface area contributed by atoms with E-state index in [1.807, 2.05) is 6.07 Å². The highest BCUT2D eigenvalue weighted by Crippen LogP contribution is 2.39. The SMILES string of the molecule is Clc1cc2c(cc1NC1CNC1)OCO2. The molecule has 2 N–H and O–H groups in total. The van der Waals surface area contributed by atoms with Crippen LogP contribution in [0.25, 0.3) is 0 Å². The van der Waals surface area contributed by atoms with E-state index in [4.69, 9.17) is 21.1 Å². The van der Waals surface area contributed by atoms with Gasteiger partial charge in [-0.15, -0.1) is 0 Å². The van der Waals surface area contributed by atoms with Crippen LogP contribution in [0.1, 0.15) is 0 Å². The van der Waals surface area contributed by atoms with Gasteiger partial charge in [-0.3, -0.25) is 0 Å². The average molecular weight is 227 g/mol. The van der Waals surface area contributed by atoms with Crippen molar-refractivity contribution >= 4 is 17.3 Å². The lowest BCUT2D eigenvalue weighted by atomic mass is 10.1. The summed E-state index contributed by atoms with van der Waals surface area (Å²) in [4.78, 5) is 0. The number of ether oxygens (including phenoxy) is 2. The van der Waals surface area contributed by atoms with Crippen LogP contribution in [0, 0.1) is 0 Å². The second kappa shape index (κ2) is 3.47. The van der Waals surface area contributed by atoms with Crippen LogP contribution in [0.2, 0.25) is 5.02 Å². The van der Waals surface area contributed by atoms with E-state index < -0.39 is 0 Å². The van der Waals surface area contributed by atoms with Crippen LogP contribution in [0.3, 0.4) is 0 Å². The molecule has 1 saturated heterocycles. The Bertz CT molecular complexity index is 393. The first kappa shape index (κ1) is 9.12. The number of nitrogens with one attached hydrogen (secondary N) is 2. The maximum atomic E-state index is 6.11. The number of fused-ring (bicyclic) bond motifs is 1. The van der Waals surface area contributed by atoms with Gasteiger partial charge in [-0.1, -0.05) is 11.6 Å². The normalized spacial score (nSPS) is 18.7. The molecule has 1 aromatic carbocycles. The summed E-state index contributed by atoms with van der Waals surface area (Å²) >= 11 is 6.11. The van der Waals surface area contributed by atoms with Crippen LogP contribution in [0.5, 0.6) is 11.5 Å². The topological polar surface area (TPSA) is 42.5 Å². The number of rotatable bonds is 2. The van der Waals surface area contributed by atoms with Gasteiger partial charge in [0.15, 0.2) is 11.5 Å². The molecule has 0 saturated carbocycles. The molecule has 0 unspecified atom stereocenters. The zero-order valence-electron chi connectivity index (χ0n) is 8.05. The maximum Gasteiger partial charge on any atom is 0.231 e. The van der Waals surface area contributed by atoms with E-state index in [9.17, 15) is 0 Å². The van der Waals surface area contributed by atoms with Gasteiger partial charge in [-0.25, -0.2) is 0 Å². The second-order valence-corrected chi connectivity index (χ2v) is 4.09. The van der Waals surface area contributed by atoms with Crippen molar-refractivity contribution in [2.75, 3.05) is 25.2 Å². The van der Waals surface area contributed by atoms with Crippen molar-refractivity contribution in [2.24, 2.45) is 0 Å². The molecule has 0 amide bonds. The molecule has 3 rings (SSSR count). The fourth-order valence-corrected chi connectivity index (χ4v) is 1.85. The van der Waals surface area contributed by atoms with Crippen molar-refractivity contribution < 1.29 is 9.47 Å². The molecule has 1 fully saturated rings. The molecule has 1 aromatic rings. The van der Waals surface area contributed by atoms with E-state index in [-0.39, 0.29) is 6.79 Å². The summed E-state index contributed by atoms with van der Waals surface area (Å²) in [5, 5.41) is 7.21. The first-order valence-electron chi connectivity index (χ1n) is 4.89. The molecule has 5 heteroatoms. The number of hydrogen-bond acceptors (Lipinski definition) is 4. The van der Waals surface area contributed by atoms with E-state index >= 15 is 0 Å². The highest BCUT2D eigenvalue weighted by molar-refractivity contribution is 6.33. The third-order valence-electron chi connectivity index (χ3n) is 2.60. The Morgan fingerprint density at radius 2 is 2.00 bits per heavy atom. The van der Waals surface area contributed by atoms with Crippen molar-refractivity contribution in [3.05, 3.63) is 17.2 Å². The average Bonchev–Trinajstić information content (AvgIpc) is 2.58. The zero-order valence-corrected chi connectivity index (χ0v) is 8.80. The Labute approximate surface area is 92.5 Å². The number of anilines is 1. The molecule has 15 heavy (non-hydrogen) atoms. The molecule has 2 aliphatic rings. The molecular formula is C10H11ClN2O2. The molecule has 0 bridgehead atoms. The molecule has 0 aromatic heterocycles. The summed E-state index contributed by atoms with van der Waals surface area (Å²) < 4.78 is 10.5. The Morgan fingerprint density at radius 1 is 1.27 bits per heavy atom. The Hall–Kier alpha value is -1.13. The first-order valence-corrected chi connectivity index (χ1v) is 5.27. The summed E-state index contributed by atoms with van der Waals surface area (Å²) in [7, 11) is 0.